The van der Waals surface area contributed by atoms with Crippen LogP contribution in [0.3, 0.4) is 0 Å². The van der Waals surface area contributed by atoms with Gasteiger partial charge in [0.25, 0.3) is 5.56 Å². The molecule has 3 aromatic carbocycles. The maximum Gasteiger partial charge on any atom is 0.256 e. The minimum Gasteiger partial charge on any atom is -0.508 e. The number of phenolic OH excluding ortho intramolecular Hbond substituents is 1. The van der Waals surface area contributed by atoms with Crippen LogP contribution >= 0.6 is 0 Å². The number of fused-ring (bicyclic) bond motifs is 6. The number of aromatic amines is 2. The highest BCUT2D eigenvalue weighted by molar-refractivity contribution is 6.23. The van der Waals surface area contributed by atoms with Crippen molar-refractivity contribution in [1.82, 2.24) is 15.0 Å². The van der Waals surface area contributed by atoms with E-state index in [1.54, 1.807) is 36.5 Å². The van der Waals surface area contributed by atoms with Crippen molar-refractivity contribution in [3.8, 4) is 17.1 Å². The lowest BCUT2D eigenvalue weighted by molar-refractivity contribution is 0.475. The summed E-state index contributed by atoms with van der Waals surface area (Å²) in [5.74, 6) is 0.291. The first-order chi connectivity index (χ1) is 12.6. The van der Waals surface area contributed by atoms with E-state index in [1.807, 2.05) is 6.07 Å². The van der Waals surface area contributed by atoms with E-state index in [0.717, 1.165) is 11.1 Å². The molecule has 126 valence electrons. The van der Waals surface area contributed by atoms with Crippen LogP contribution in [0, 0.1) is 5.82 Å². The molecule has 5 nitrogen and oxygen atoms in total. The molecule has 0 atom stereocenters. The van der Waals surface area contributed by atoms with Crippen molar-refractivity contribution in [3.05, 3.63) is 70.9 Å². The Kier molecular flexibility index (Phi) is 2.91. The van der Waals surface area contributed by atoms with E-state index in [9.17, 15) is 14.3 Å². The summed E-state index contributed by atoms with van der Waals surface area (Å²) < 4.78 is 13.8. The molecule has 2 heterocycles. The molecule has 0 amide bonds. The maximum atomic E-state index is 13.8. The Morgan fingerprint density at radius 1 is 1.00 bits per heavy atom. The fourth-order valence-electron chi connectivity index (χ4n) is 3.44. The number of pyridine rings is 1. The van der Waals surface area contributed by atoms with E-state index in [4.69, 9.17) is 0 Å². The molecule has 0 saturated heterocycles. The van der Waals surface area contributed by atoms with Gasteiger partial charge in [0.05, 0.1) is 16.4 Å². The van der Waals surface area contributed by atoms with Crippen LogP contribution in [0.15, 0.2) is 59.5 Å². The van der Waals surface area contributed by atoms with Gasteiger partial charge in [-0.15, -0.1) is 0 Å². The first-order valence-corrected chi connectivity index (χ1v) is 8.03. The highest BCUT2D eigenvalue weighted by Crippen LogP contribution is 2.34. The normalized spacial score (nSPS) is 11.6. The number of phenols is 1. The van der Waals surface area contributed by atoms with E-state index in [-0.39, 0.29) is 11.3 Å². The number of nitrogens with one attached hydrogen (secondary N) is 2. The molecule has 5 aromatic rings. The minimum atomic E-state index is -0.408. The van der Waals surface area contributed by atoms with E-state index in [0.29, 0.717) is 32.9 Å². The zero-order valence-electron chi connectivity index (χ0n) is 13.4. The Morgan fingerprint density at radius 2 is 1.88 bits per heavy atom. The van der Waals surface area contributed by atoms with Gasteiger partial charge in [0.1, 0.15) is 17.4 Å². The molecule has 5 rings (SSSR count). The van der Waals surface area contributed by atoms with Gasteiger partial charge in [-0.2, -0.15) is 0 Å². The Hall–Kier alpha value is -3.67. The zero-order chi connectivity index (χ0) is 17.8. The van der Waals surface area contributed by atoms with Crippen LogP contribution in [-0.2, 0) is 0 Å². The quantitative estimate of drug-likeness (QED) is 0.401. The second kappa shape index (κ2) is 5.16. The number of benzene rings is 3. The molecule has 0 aliphatic carbocycles. The lowest BCUT2D eigenvalue weighted by Gasteiger charge is -2.05. The molecule has 0 aliphatic rings. The molecule has 3 N–H and O–H groups in total. The van der Waals surface area contributed by atoms with E-state index >= 15 is 0 Å². The molecule has 0 saturated carbocycles. The van der Waals surface area contributed by atoms with Crippen molar-refractivity contribution in [3.63, 3.8) is 0 Å². The molecule has 0 aliphatic heterocycles. The smallest absolute Gasteiger partial charge is 0.256 e. The summed E-state index contributed by atoms with van der Waals surface area (Å²) in [6.07, 6.45) is 1.55. The van der Waals surface area contributed by atoms with Gasteiger partial charge >= 0.3 is 0 Å². The standard InChI is InChI=1S/C20H12FN3O2/c21-11-4-5-13-15(9-11)16-14(6-7-22-20(16)26)18-17(13)23-19(24-18)10-2-1-3-12(25)8-10/h1-9,25H,(H,22,26)(H,23,24). The Labute approximate surface area is 145 Å². The van der Waals surface area contributed by atoms with Crippen molar-refractivity contribution in [2.75, 3.05) is 0 Å². The van der Waals surface area contributed by atoms with Gasteiger partial charge in [0.15, 0.2) is 0 Å². The summed E-state index contributed by atoms with van der Waals surface area (Å²) in [4.78, 5) is 23.0. The first kappa shape index (κ1) is 14.7. The Bertz CT molecular complexity index is 1390. The Morgan fingerprint density at radius 3 is 2.73 bits per heavy atom. The molecule has 0 radical (unpaired) electrons. The molecule has 26 heavy (non-hydrogen) atoms. The molecule has 0 unspecified atom stereocenters. The SMILES string of the molecule is O=c1[nH]ccc2c3nc(-c4cccc(O)c4)[nH]c3c3ccc(F)cc3c12. The number of aromatic hydroxyl groups is 1. The van der Waals surface area contributed by atoms with Crippen molar-refractivity contribution >= 4 is 32.6 Å². The van der Waals surface area contributed by atoms with Gasteiger partial charge in [-0.1, -0.05) is 12.1 Å². The van der Waals surface area contributed by atoms with Crippen LogP contribution in [-0.4, -0.2) is 20.1 Å². The third kappa shape index (κ3) is 2.02. The molecular formula is C20H12FN3O2. The average Bonchev–Trinajstić information content (AvgIpc) is 3.07. The highest BCUT2D eigenvalue weighted by atomic mass is 19.1. The van der Waals surface area contributed by atoms with E-state index < -0.39 is 5.82 Å². The third-order valence-corrected chi connectivity index (χ3v) is 4.56. The number of aromatic nitrogens is 3. The Balaban J connectivity index is 1.99. The fraction of sp³-hybridized carbons (Fsp3) is 0. The molecule has 6 heteroatoms. The summed E-state index contributed by atoms with van der Waals surface area (Å²) in [5, 5.41) is 12.0. The minimum absolute atomic E-state index is 0.135. The summed E-state index contributed by atoms with van der Waals surface area (Å²) in [6.45, 7) is 0. The maximum absolute atomic E-state index is 13.8. The molecule has 0 bridgehead atoms. The molecule has 0 fully saturated rings. The third-order valence-electron chi connectivity index (χ3n) is 4.56. The van der Waals surface area contributed by atoms with Crippen molar-refractivity contribution in [1.29, 1.82) is 0 Å². The van der Waals surface area contributed by atoms with Crippen molar-refractivity contribution in [2.24, 2.45) is 0 Å². The van der Waals surface area contributed by atoms with Crippen LogP contribution in [0.2, 0.25) is 0 Å². The van der Waals surface area contributed by atoms with Gasteiger partial charge in [0.2, 0.25) is 0 Å². The summed E-state index contributed by atoms with van der Waals surface area (Å²) in [7, 11) is 0. The van der Waals surface area contributed by atoms with Gasteiger partial charge in [-0.05, 0) is 36.4 Å². The van der Waals surface area contributed by atoms with Crippen LogP contribution in [0.4, 0.5) is 4.39 Å². The largest absolute Gasteiger partial charge is 0.508 e. The topological polar surface area (TPSA) is 81.8 Å². The van der Waals surface area contributed by atoms with Gasteiger partial charge in [0, 0.05) is 27.9 Å². The monoisotopic (exact) mass is 345 g/mol. The van der Waals surface area contributed by atoms with E-state index in [2.05, 4.69) is 15.0 Å². The number of nitrogens with zero attached hydrogens (tertiary/aromatic N) is 1. The van der Waals surface area contributed by atoms with Crippen LogP contribution in [0.25, 0.3) is 44.0 Å². The lowest BCUT2D eigenvalue weighted by Crippen LogP contribution is -2.05. The van der Waals surface area contributed by atoms with Gasteiger partial charge in [-0.25, -0.2) is 9.37 Å². The highest BCUT2D eigenvalue weighted by Gasteiger charge is 2.16. The van der Waals surface area contributed by atoms with E-state index in [1.165, 1.54) is 12.1 Å². The second-order valence-electron chi connectivity index (χ2n) is 6.14. The summed E-state index contributed by atoms with van der Waals surface area (Å²) in [5.41, 5.74) is 1.77. The molecular weight excluding hydrogens is 333 g/mol. The number of H-pyrrole nitrogens is 2. The molecule has 0 spiro atoms. The van der Waals surface area contributed by atoms with Gasteiger partial charge in [-0.3, -0.25) is 4.79 Å². The number of hydrogen-bond donors (Lipinski definition) is 3. The average molecular weight is 345 g/mol. The van der Waals surface area contributed by atoms with Crippen molar-refractivity contribution < 1.29 is 9.50 Å². The number of rotatable bonds is 1. The lowest BCUT2D eigenvalue weighted by atomic mass is 10.0. The van der Waals surface area contributed by atoms with Crippen LogP contribution < -0.4 is 5.56 Å². The number of hydrogen-bond acceptors (Lipinski definition) is 3. The first-order valence-electron chi connectivity index (χ1n) is 8.03. The fourth-order valence-corrected chi connectivity index (χ4v) is 3.44. The zero-order valence-corrected chi connectivity index (χ0v) is 13.4. The predicted octanol–water partition coefficient (Wildman–Crippen LogP) is 4.07. The van der Waals surface area contributed by atoms with Crippen molar-refractivity contribution in [2.45, 2.75) is 0 Å². The second-order valence-corrected chi connectivity index (χ2v) is 6.14. The predicted molar refractivity (Wildman–Crippen MR) is 98.8 cm³/mol. The van der Waals surface area contributed by atoms with Crippen LogP contribution in [0.1, 0.15) is 0 Å². The van der Waals surface area contributed by atoms with Gasteiger partial charge < -0.3 is 15.1 Å². The summed E-state index contributed by atoms with van der Waals surface area (Å²) >= 11 is 0. The molecule has 2 aromatic heterocycles. The number of imidazole rings is 1. The summed E-state index contributed by atoms with van der Waals surface area (Å²) in [6, 6.07) is 12.9. The van der Waals surface area contributed by atoms with Crippen LogP contribution in [0.5, 0.6) is 5.75 Å². The number of halogens is 1.